The summed E-state index contributed by atoms with van der Waals surface area (Å²) < 4.78 is 52.3. The van der Waals surface area contributed by atoms with Gasteiger partial charge in [0.25, 0.3) is 9.84 Å². The fourth-order valence-electron chi connectivity index (χ4n) is 1.65. The van der Waals surface area contributed by atoms with E-state index in [1.807, 2.05) is 0 Å². The van der Waals surface area contributed by atoms with Gasteiger partial charge in [-0.1, -0.05) is 23.2 Å². The number of hydrogen-bond donors (Lipinski definition) is 0. The number of halogens is 4. The predicted molar refractivity (Wildman–Crippen MR) is 79.4 cm³/mol. The highest BCUT2D eigenvalue weighted by Gasteiger charge is 2.53. The SMILES string of the molecule is O=C(c1ccc(Cl)cc1)C(F)(F)S(=O)(=O)c1ccc(Cl)cc1. The molecule has 0 aliphatic carbocycles. The Balaban J connectivity index is 2.45. The molecule has 2 aromatic rings. The van der Waals surface area contributed by atoms with Crippen molar-refractivity contribution in [2.75, 3.05) is 0 Å². The average molecular weight is 365 g/mol. The molecule has 22 heavy (non-hydrogen) atoms. The van der Waals surface area contributed by atoms with Crippen LogP contribution in [0.15, 0.2) is 53.4 Å². The molecule has 0 radical (unpaired) electrons. The third-order valence-electron chi connectivity index (χ3n) is 2.83. The second-order valence-electron chi connectivity index (χ2n) is 4.31. The van der Waals surface area contributed by atoms with E-state index >= 15 is 0 Å². The Hall–Kier alpha value is -1.50. The number of sulfone groups is 1. The Morgan fingerprint density at radius 1 is 0.864 bits per heavy atom. The Bertz CT molecular complexity index is 801. The summed E-state index contributed by atoms with van der Waals surface area (Å²) >= 11 is 11.2. The van der Waals surface area contributed by atoms with Crippen LogP contribution >= 0.6 is 23.2 Å². The zero-order chi connectivity index (χ0) is 16.5. The van der Waals surface area contributed by atoms with Gasteiger partial charge in [-0.25, -0.2) is 8.42 Å². The van der Waals surface area contributed by atoms with Crippen molar-refractivity contribution >= 4 is 38.8 Å². The molecule has 2 aromatic carbocycles. The van der Waals surface area contributed by atoms with Crippen molar-refractivity contribution in [1.29, 1.82) is 0 Å². The molecular formula is C14H8Cl2F2O3S. The second-order valence-corrected chi connectivity index (χ2v) is 7.17. The molecule has 0 saturated carbocycles. The highest BCUT2D eigenvalue weighted by atomic mass is 35.5. The largest absolute Gasteiger partial charge is 0.411 e. The van der Waals surface area contributed by atoms with Gasteiger partial charge in [0.1, 0.15) is 0 Å². The molecule has 0 aromatic heterocycles. The molecule has 0 spiro atoms. The van der Waals surface area contributed by atoms with Crippen molar-refractivity contribution in [3.05, 3.63) is 64.1 Å². The second kappa shape index (κ2) is 5.95. The van der Waals surface area contributed by atoms with E-state index in [0.29, 0.717) is 0 Å². The van der Waals surface area contributed by atoms with Crippen LogP contribution in [0.3, 0.4) is 0 Å². The van der Waals surface area contributed by atoms with Crippen LogP contribution in [0.4, 0.5) is 8.78 Å². The minimum Gasteiger partial charge on any atom is -0.286 e. The van der Waals surface area contributed by atoms with E-state index in [-0.39, 0.29) is 10.0 Å². The third kappa shape index (κ3) is 2.99. The van der Waals surface area contributed by atoms with E-state index in [1.165, 1.54) is 12.1 Å². The Kier molecular flexibility index (Phi) is 4.56. The molecule has 0 amide bonds. The van der Waals surface area contributed by atoms with E-state index in [1.54, 1.807) is 0 Å². The van der Waals surface area contributed by atoms with Gasteiger partial charge in [0.2, 0.25) is 5.78 Å². The van der Waals surface area contributed by atoms with E-state index in [0.717, 1.165) is 36.4 Å². The number of alkyl halides is 2. The molecule has 0 atom stereocenters. The number of rotatable bonds is 4. The lowest BCUT2D eigenvalue weighted by atomic mass is 10.1. The number of carbonyl (C=O) groups excluding carboxylic acids is 1. The van der Waals surface area contributed by atoms with Crippen LogP contribution in [0.1, 0.15) is 10.4 Å². The van der Waals surface area contributed by atoms with Crippen LogP contribution in [0, 0.1) is 0 Å². The molecule has 0 aliphatic heterocycles. The van der Waals surface area contributed by atoms with Crippen molar-refractivity contribution in [1.82, 2.24) is 0 Å². The van der Waals surface area contributed by atoms with Gasteiger partial charge in [-0.05, 0) is 48.5 Å². The lowest BCUT2D eigenvalue weighted by molar-refractivity contribution is 0.0527. The first kappa shape index (κ1) is 16.9. The summed E-state index contributed by atoms with van der Waals surface area (Å²) in [5.41, 5.74) is -0.452. The standard InChI is InChI=1S/C14H8Cl2F2O3S/c15-10-3-1-9(2-4-10)13(19)14(17,18)22(20,21)12-7-5-11(16)6-8-12/h1-8H. The van der Waals surface area contributed by atoms with Gasteiger partial charge in [0, 0.05) is 15.6 Å². The first-order chi connectivity index (χ1) is 10.2. The first-order valence-corrected chi connectivity index (χ1v) is 8.08. The molecule has 3 nitrogen and oxygen atoms in total. The van der Waals surface area contributed by atoms with E-state index in [4.69, 9.17) is 23.2 Å². The highest BCUT2D eigenvalue weighted by molar-refractivity contribution is 7.93. The zero-order valence-electron chi connectivity index (χ0n) is 10.8. The quantitative estimate of drug-likeness (QED) is 0.762. The van der Waals surface area contributed by atoms with Crippen LogP contribution < -0.4 is 0 Å². The highest BCUT2D eigenvalue weighted by Crippen LogP contribution is 2.33. The van der Waals surface area contributed by atoms with Crippen molar-refractivity contribution in [2.45, 2.75) is 10.2 Å². The summed E-state index contributed by atoms with van der Waals surface area (Å²) in [5.74, 6) is -1.82. The van der Waals surface area contributed by atoms with Gasteiger partial charge < -0.3 is 0 Å². The summed E-state index contributed by atoms with van der Waals surface area (Å²) in [4.78, 5) is 11.2. The summed E-state index contributed by atoms with van der Waals surface area (Å²) in [6.07, 6.45) is 0. The molecule has 0 heterocycles. The molecule has 0 aliphatic rings. The number of ketones is 1. The van der Waals surface area contributed by atoms with Crippen molar-refractivity contribution in [2.24, 2.45) is 0 Å². The van der Waals surface area contributed by atoms with Gasteiger partial charge in [0.05, 0.1) is 4.90 Å². The summed E-state index contributed by atoms with van der Waals surface area (Å²) in [6, 6.07) is 8.65. The number of hydrogen-bond acceptors (Lipinski definition) is 3. The Morgan fingerprint density at radius 3 is 1.73 bits per heavy atom. The number of carbonyl (C=O) groups is 1. The molecular weight excluding hydrogens is 357 g/mol. The lowest BCUT2D eigenvalue weighted by Gasteiger charge is -2.16. The van der Waals surface area contributed by atoms with Crippen LogP contribution in [0.25, 0.3) is 0 Å². The molecule has 0 bridgehead atoms. The van der Waals surface area contributed by atoms with E-state index < -0.39 is 31.3 Å². The molecule has 0 fully saturated rings. The summed E-state index contributed by atoms with van der Waals surface area (Å²) in [5, 5.41) is -4.18. The first-order valence-electron chi connectivity index (χ1n) is 5.84. The normalized spacial score (nSPS) is 12.2. The minimum atomic E-state index is -5.19. The molecule has 8 heteroatoms. The maximum absolute atomic E-state index is 14.2. The van der Waals surface area contributed by atoms with Crippen molar-refractivity contribution in [3.63, 3.8) is 0 Å². The number of Topliss-reactive ketones (excluding diaryl/α,β-unsaturated/α-hetero) is 1. The Morgan fingerprint density at radius 2 is 1.27 bits per heavy atom. The van der Waals surface area contributed by atoms with E-state index in [2.05, 4.69) is 0 Å². The van der Waals surface area contributed by atoms with Crippen LogP contribution in [0.5, 0.6) is 0 Å². The molecule has 0 unspecified atom stereocenters. The zero-order valence-corrected chi connectivity index (χ0v) is 13.1. The summed E-state index contributed by atoms with van der Waals surface area (Å²) in [7, 11) is -5.19. The maximum Gasteiger partial charge on any atom is 0.411 e. The fourth-order valence-corrected chi connectivity index (χ4v) is 3.06. The fraction of sp³-hybridized carbons (Fsp3) is 0.0714. The summed E-state index contributed by atoms with van der Waals surface area (Å²) in [6.45, 7) is 0. The smallest absolute Gasteiger partial charge is 0.286 e. The topological polar surface area (TPSA) is 51.2 Å². The van der Waals surface area contributed by atoms with Gasteiger partial charge in [0.15, 0.2) is 0 Å². The molecule has 0 saturated heterocycles. The molecule has 0 N–H and O–H groups in total. The Labute approximate surface area is 135 Å². The number of benzene rings is 2. The van der Waals surface area contributed by atoms with Crippen LogP contribution in [-0.2, 0) is 9.84 Å². The van der Waals surface area contributed by atoms with Gasteiger partial charge in [-0.3, -0.25) is 4.79 Å². The monoisotopic (exact) mass is 364 g/mol. The van der Waals surface area contributed by atoms with Gasteiger partial charge in [-0.2, -0.15) is 8.78 Å². The minimum absolute atomic E-state index is 0.186. The van der Waals surface area contributed by atoms with Crippen LogP contribution in [-0.4, -0.2) is 19.5 Å². The van der Waals surface area contributed by atoms with E-state index in [9.17, 15) is 22.0 Å². The lowest BCUT2D eigenvalue weighted by Crippen LogP contribution is -2.38. The van der Waals surface area contributed by atoms with Gasteiger partial charge in [-0.15, -0.1) is 0 Å². The van der Waals surface area contributed by atoms with Crippen molar-refractivity contribution < 1.29 is 22.0 Å². The third-order valence-corrected chi connectivity index (χ3v) is 5.09. The van der Waals surface area contributed by atoms with Gasteiger partial charge >= 0.3 is 5.25 Å². The molecule has 2 rings (SSSR count). The maximum atomic E-state index is 14.2. The van der Waals surface area contributed by atoms with Crippen LogP contribution in [0.2, 0.25) is 10.0 Å². The van der Waals surface area contributed by atoms with Crippen molar-refractivity contribution in [3.8, 4) is 0 Å². The predicted octanol–water partition coefficient (Wildman–Crippen LogP) is 4.24. The average Bonchev–Trinajstić information content (AvgIpc) is 2.47. The molecule has 116 valence electrons.